The summed E-state index contributed by atoms with van der Waals surface area (Å²) < 4.78 is 6.05. The summed E-state index contributed by atoms with van der Waals surface area (Å²) in [6, 6.07) is 11.0. The molecule has 1 saturated heterocycles. The second-order valence-electron chi connectivity index (χ2n) is 6.68. The van der Waals surface area contributed by atoms with E-state index in [0.29, 0.717) is 18.0 Å². The van der Waals surface area contributed by atoms with E-state index in [-0.39, 0.29) is 0 Å². The molecule has 0 radical (unpaired) electrons. The van der Waals surface area contributed by atoms with Gasteiger partial charge in [-0.05, 0) is 31.5 Å². The fraction of sp³-hybridized carbons (Fsp3) is 0.350. The first kappa shape index (κ1) is 17.5. The van der Waals surface area contributed by atoms with E-state index in [1.165, 1.54) is 0 Å². The molecule has 1 atom stereocenters. The first-order valence-electron chi connectivity index (χ1n) is 9.35. The second-order valence-corrected chi connectivity index (χ2v) is 6.68. The van der Waals surface area contributed by atoms with E-state index in [0.717, 1.165) is 48.8 Å². The van der Waals surface area contributed by atoms with Gasteiger partial charge in [-0.3, -0.25) is 0 Å². The molecule has 0 amide bonds. The van der Waals surface area contributed by atoms with Gasteiger partial charge in [0.1, 0.15) is 0 Å². The van der Waals surface area contributed by atoms with Gasteiger partial charge in [-0.25, -0.2) is 15.0 Å². The zero-order chi connectivity index (χ0) is 18.6. The third-order valence-corrected chi connectivity index (χ3v) is 4.72. The van der Waals surface area contributed by atoms with Gasteiger partial charge in [0.2, 0.25) is 5.95 Å². The highest BCUT2D eigenvalue weighted by Crippen LogP contribution is 2.28. The number of nitrogens with zero attached hydrogens (tertiary/aromatic N) is 4. The first-order valence-corrected chi connectivity index (χ1v) is 9.35. The summed E-state index contributed by atoms with van der Waals surface area (Å²) >= 11 is 0. The van der Waals surface area contributed by atoms with Gasteiger partial charge < -0.3 is 20.0 Å². The maximum atomic E-state index is 6.05. The predicted octanol–water partition coefficient (Wildman–Crippen LogP) is 3.24. The lowest BCUT2D eigenvalue weighted by atomic mass is 10.1. The molecule has 7 heteroatoms. The Kier molecular flexibility index (Phi) is 5.02. The number of benzene rings is 1. The van der Waals surface area contributed by atoms with Crippen molar-refractivity contribution >= 4 is 17.7 Å². The number of hydrogen-bond donors (Lipinski definition) is 2. The van der Waals surface area contributed by atoms with Gasteiger partial charge in [0, 0.05) is 48.8 Å². The summed E-state index contributed by atoms with van der Waals surface area (Å²) in [4.78, 5) is 15.5. The molecule has 2 aromatic heterocycles. The molecule has 3 heterocycles. The van der Waals surface area contributed by atoms with Gasteiger partial charge >= 0.3 is 0 Å². The highest BCUT2D eigenvalue weighted by Gasteiger charge is 2.22. The van der Waals surface area contributed by atoms with E-state index >= 15 is 0 Å². The largest absolute Gasteiger partial charge is 0.423 e. The van der Waals surface area contributed by atoms with Gasteiger partial charge in [-0.2, -0.15) is 0 Å². The maximum Gasteiger partial charge on any atom is 0.298 e. The minimum Gasteiger partial charge on any atom is -0.423 e. The van der Waals surface area contributed by atoms with E-state index in [2.05, 4.69) is 44.3 Å². The highest BCUT2D eigenvalue weighted by atomic mass is 16.4. The molecule has 3 aromatic rings. The Morgan fingerprint density at radius 1 is 1.30 bits per heavy atom. The van der Waals surface area contributed by atoms with Gasteiger partial charge in [0.05, 0.1) is 6.20 Å². The number of oxazole rings is 1. The Morgan fingerprint density at radius 2 is 2.22 bits per heavy atom. The van der Waals surface area contributed by atoms with Gasteiger partial charge in [0.15, 0.2) is 5.76 Å². The SMILES string of the molecule is CCc1ccnc(Nc2cccc(-c3cnc(N4CCNCC4C)o3)c2)n1. The number of piperazine rings is 1. The van der Waals surface area contributed by atoms with Crippen LogP contribution in [0.5, 0.6) is 0 Å². The average Bonchev–Trinajstić information content (AvgIpc) is 3.19. The molecule has 4 rings (SSSR count). The summed E-state index contributed by atoms with van der Waals surface area (Å²) in [5, 5.41) is 6.64. The molecule has 0 bridgehead atoms. The monoisotopic (exact) mass is 364 g/mol. The van der Waals surface area contributed by atoms with Crippen LogP contribution in [0.4, 0.5) is 17.7 Å². The Labute approximate surface area is 158 Å². The van der Waals surface area contributed by atoms with Crippen molar-refractivity contribution in [3.8, 4) is 11.3 Å². The molecule has 1 aromatic carbocycles. The maximum absolute atomic E-state index is 6.05. The zero-order valence-electron chi connectivity index (χ0n) is 15.6. The molecule has 7 nitrogen and oxygen atoms in total. The average molecular weight is 364 g/mol. The number of nitrogens with one attached hydrogen (secondary N) is 2. The molecule has 0 aliphatic carbocycles. The summed E-state index contributed by atoms with van der Waals surface area (Å²) in [7, 11) is 0. The molecule has 0 saturated carbocycles. The summed E-state index contributed by atoms with van der Waals surface area (Å²) in [5.74, 6) is 1.35. The molecule has 1 unspecified atom stereocenters. The van der Waals surface area contributed by atoms with Gasteiger partial charge in [0.25, 0.3) is 6.01 Å². The fourth-order valence-electron chi connectivity index (χ4n) is 3.19. The lowest BCUT2D eigenvalue weighted by Crippen LogP contribution is -2.50. The van der Waals surface area contributed by atoms with Crippen molar-refractivity contribution in [3.05, 3.63) is 48.4 Å². The van der Waals surface area contributed by atoms with Crippen LogP contribution in [-0.4, -0.2) is 40.6 Å². The third-order valence-electron chi connectivity index (χ3n) is 4.72. The smallest absolute Gasteiger partial charge is 0.298 e. The van der Waals surface area contributed by atoms with Crippen molar-refractivity contribution in [2.75, 3.05) is 29.9 Å². The lowest BCUT2D eigenvalue weighted by molar-refractivity contribution is 0.450. The minimum absolute atomic E-state index is 0.362. The Morgan fingerprint density at radius 3 is 3.07 bits per heavy atom. The lowest BCUT2D eigenvalue weighted by Gasteiger charge is -2.32. The highest BCUT2D eigenvalue weighted by molar-refractivity contribution is 5.66. The first-order chi connectivity index (χ1) is 13.2. The van der Waals surface area contributed by atoms with Crippen molar-refractivity contribution < 1.29 is 4.42 Å². The molecule has 27 heavy (non-hydrogen) atoms. The van der Waals surface area contributed by atoms with Crippen molar-refractivity contribution in [2.24, 2.45) is 0 Å². The molecule has 1 aliphatic rings. The standard InChI is InChI=1S/C20H24N6O/c1-3-16-7-8-22-19(24-16)25-17-6-4-5-15(11-17)18-13-23-20(27-18)26-10-9-21-12-14(26)2/h4-8,11,13-14,21H,3,9-10,12H2,1-2H3,(H,22,24,25). The normalized spacial score (nSPS) is 17.1. The van der Waals surface area contributed by atoms with E-state index in [9.17, 15) is 0 Å². The Bertz CT molecular complexity index is 909. The van der Waals surface area contributed by atoms with Gasteiger partial charge in [-0.15, -0.1) is 0 Å². The number of rotatable bonds is 5. The van der Waals surface area contributed by atoms with Crippen LogP contribution in [-0.2, 0) is 6.42 Å². The summed E-state index contributed by atoms with van der Waals surface area (Å²) in [6.07, 6.45) is 4.44. The van der Waals surface area contributed by atoms with Crippen LogP contribution in [0, 0.1) is 0 Å². The summed E-state index contributed by atoms with van der Waals surface area (Å²) in [6.45, 7) is 7.03. The molecular formula is C20H24N6O. The molecule has 1 aliphatic heterocycles. The van der Waals surface area contributed by atoms with E-state index in [1.807, 2.05) is 30.3 Å². The third kappa shape index (κ3) is 3.93. The topological polar surface area (TPSA) is 79.1 Å². The minimum atomic E-state index is 0.362. The molecule has 0 spiro atoms. The number of hydrogen-bond acceptors (Lipinski definition) is 7. The molecule has 2 N–H and O–H groups in total. The van der Waals surface area contributed by atoms with Crippen LogP contribution in [0.15, 0.2) is 47.1 Å². The fourth-order valence-corrected chi connectivity index (χ4v) is 3.19. The number of aromatic nitrogens is 3. The van der Waals surface area contributed by atoms with Crippen molar-refractivity contribution in [2.45, 2.75) is 26.3 Å². The van der Waals surface area contributed by atoms with Crippen LogP contribution < -0.4 is 15.5 Å². The van der Waals surface area contributed by atoms with Crippen LogP contribution in [0.1, 0.15) is 19.5 Å². The van der Waals surface area contributed by atoms with Crippen LogP contribution in [0.3, 0.4) is 0 Å². The van der Waals surface area contributed by atoms with Gasteiger partial charge in [-0.1, -0.05) is 19.1 Å². The van der Waals surface area contributed by atoms with E-state index < -0.39 is 0 Å². The van der Waals surface area contributed by atoms with Crippen molar-refractivity contribution in [1.29, 1.82) is 0 Å². The Hall–Kier alpha value is -2.93. The van der Waals surface area contributed by atoms with Crippen molar-refractivity contribution in [1.82, 2.24) is 20.3 Å². The van der Waals surface area contributed by atoms with Crippen LogP contribution in [0.25, 0.3) is 11.3 Å². The Balaban J connectivity index is 1.54. The van der Waals surface area contributed by atoms with Crippen LogP contribution >= 0.6 is 0 Å². The van der Waals surface area contributed by atoms with E-state index in [4.69, 9.17) is 4.42 Å². The van der Waals surface area contributed by atoms with Crippen molar-refractivity contribution in [3.63, 3.8) is 0 Å². The second kappa shape index (κ2) is 7.75. The van der Waals surface area contributed by atoms with Crippen LogP contribution in [0.2, 0.25) is 0 Å². The molecule has 140 valence electrons. The predicted molar refractivity (Wildman–Crippen MR) is 106 cm³/mol. The molecular weight excluding hydrogens is 340 g/mol. The summed E-state index contributed by atoms with van der Waals surface area (Å²) in [5.41, 5.74) is 2.89. The zero-order valence-corrected chi connectivity index (χ0v) is 15.6. The van der Waals surface area contributed by atoms with E-state index in [1.54, 1.807) is 12.4 Å². The number of aryl methyl sites for hydroxylation is 1. The quantitative estimate of drug-likeness (QED) is 0.719. The number of anilines is 3. The molecule has 1 fully saturated rings.